The summed E-state index contributed by atoms with van der Waals surface area (Å²) in [6.45, 7) is 1.47. The standard InChI is InChI=1S/C7H6BrN3O4/c1-3-6(8)4(10(12)13)2-5(7(3)9)11(14)15/h2H,9H2,1H3. The van der Waals surface area contributed by atoms with Gasteiger partial charge in [-0.25, -0.2) is 0 Å². The lowest BCUT2D eigenvalue weighted by atomic mass is 10.1. The Labute approximate surface area is 92.3 Å². The molecular formula is C7H6BrN3O4. The molecule has 0 fully saturated rings. The van der Waals surface area contributed by atoms with E-state index >= 15 is 0 Å². The molecule has 0 aliphatic rings. The maximum atomic E-state index is 10.6. The molecule has 2 N–H and O–H groups in total. The van der Waals surface area contributed by atoms with Crippen LogP contribution in [0.5, 0.6) is 0 Å². The van der Waals surface area contributed by atoms with Gasteiger partial charge < -0.3 is 5.73 Å². The van der Waals surface area contributed by atoms with Gasteiger partial charge in [-0.15, -0.1) is 0 Å². The van der Waals surface area contributed by atoms with Gasteiger partial charge in [0.25, 0.3) is 11.4 Å². The van der Waals surface area contributed by atoms with Crippen molar-refractivity contribution in [3.8, 4) is 0 Å². The Morgan fingerprint density at radius 2 is 1.73 bits per heavy atom. The van der Waals surface area contributed by atoms with Crippen LogP contribution in [-0.4, -0.2) is 9.85 Å². The zero-order chi connectivity index (χ0) is 11.7. The minimum absolute atomic E-state index is 0.0718. The van der Waals surface area contributed by atoms with E-state index in [1.165, 1.54) is 6.92 Å². The van der Waals surface area contributed by atoms with Crippen LogP contribution in [0.25, 0.3) is 0 Å². The van der Waals surface area contributed by atoms with Crippen molar-refractivity contribution in [3.63, 3.8) is 0 Å². The molecule has 0 spiro atoms. The molecule has 0 bridgehead atoms. The van der Waals surface area contributed by atoms with Gasteiger partial charge in [0, 0.05) is 5.56 Å². The summed E-state index contributed by atoms with van der Waals surface area (Å²) >= 11 is 2.97. The van der Waals surface area contributed by atoms with E-state index in [1.807, 2.05) is 0 Å². The number of anilines is 1. The highest BCUT2D eigenvalue weighted by Crippen LogP contribution is 2.38. The van der Waals surface area contributed by atoms with E-state index in [-0.39, 0.29) is 21.4 Å². The average Bonchev–Trinajstić information content (AvgIpc) is 2.13. The summed E-state index contributed by atoms with van der Waals surface area (Å²) in [7, 11) is 0. The zero-order valence-corrected chi connectivity index (χ0v) is 9.15. The maximum absolute atomic E-state index is 10.6. The number of nitro groups is 2. The van der Waals surface area contributed by atoms with Crippen molar-refractivity contribution in [3.05, 3.63) is 36.3 Å². The Bertz CT molecular complexity index is 422. The fraction of sp³-hybridized carbons (Fsp3) is 0.143. The number of hydrogen-bond donors (Lipinski definition) is 1. The van der Waals surface area contributed by atoms with Crippen molar-refractivity contribution >= 4 is 33.0 Å². The summed E-state index contributed by atoms with van der Waals surface area (Å²) in [5.41, 5.74) is 4.85. The van der Waals surface area contributed by atoms with E-state index in [0.29, 0.717) is 0 Å². The summed E-state index contributed by atoms with van der Waals surface area (Å²) in [5.74, 6) is 0. The lowest BCUT2D eigenvalue weighted by molar-refractivity contribution is -0.394. The number of hydrogen-bond acceptors (Lipinski definition) is 5. The summed E-state index contributed by atoms with van der Waals surface area (Å²) < 4.78 is 0.163. The summed E-state index contributed by atoms with van der Waals surface area (Å²) in [6, 6.07) is 0.840. The molecule has 0 unspecified atom stereocenters. The molecule has 0 aliphatic carbocycles. The van der Waals surface area contributed by atoms with Gasteiger partial charge in [0.15, 0.2) is 0 Å². The molecule has 1 rings (SSSR count). The third-order valence-corrected chi connectivity index (χ3v) is 2.90. The molecule has 0 aliphatic heterocycles. The molecule has 0 amide bonds. The van der Waals surface area contributed by atoms with E-state index in [1.54, 1.807) is 0 Å². The first kappa shape index (κ1) is 11.4. The van der Waals surface area contributed by atoms with Crippen LogP contribution in [-0.2, 0) is 0 Å². The minimum atomic E-state index is -0.748. The van der Waals surface area contributed by atoms with Crippen LogP contribution >= 0.6 is 15.9 Å². The van der Waals surface area contributed by atoms with Crippen molar-refractivity contribution < 1.29 is 9.85 Å². The molecule has 0 saturated carbocycles. The van der Waals surface area contributed by atoms with Gasteiger partial charge in [-0.05, 0) is 22.9 Å². The SMILES string of the molecule is Cc1c(N)c([N+](=O)[O-])cc([N+](=O)[O-])c1Br. The fourth-order valence-electron chi connectivity index (χ4n) is 1.06. The molecule has 1 aromatic carbocycles. The number of nitro benzene ring substituents is 2. The Kier molecular flexibility index (Phi) is 2.89. The fourth-order valence-corrected chi connectivity index (χ4v) is 1.53. The summed E-state index contributed by atoms with van der Waals surface area (Å²) in [4.78, 5) is 19.7. The number of nitrogen functional groups attached to an aromatic ring is 1. The van der Waals surface area contributed by atoms with Gasteiger partial charge in [0.05, 0.1) is 15.9 Å². The molecule has 0 atom stereocenters. The summed E-state index contributed by atoms with van der Waals surface area (Å²) in [6.07, 6.45) is 0. The third kappa shape index (κ3) is 1.89. The predicted octanol–water partition coefficient (Wildman–Crippen LogP) is 2.16. The summed E-state index contributed by atoms with van der Waals surface area (Å²) in [5, 5.41) is 21.1. The smallest absolute Gasteiger partial charge is 0.299 e. The van der Waals surface area contributed by atoms with Gasteiger partial charge in [-0.3, -0.25) is 20.2 Å². The Hall–Kier alpha value is -1.70. The second-order valence-corrected chi connectivity index (χ2v) is 3.57. The Balaban J connectivity index is 3.59. The molecule has 7 nitrogen and oxygen atoms in total. The molecule has 8 heteroatoms. The van der Waals surface area contributed by atoms with Gasteiger partial charge in [0.1, 0.15) is 10.2 Å². The maximum Gasteiger partial charge on any atom is 0.299 e. The van der Waals surface area contributed by atoms with Crippen LogP contribution in [0.15, 0.2) is 10.5 Å². The normalized spacial score (nSPS) is 10.0. The number of nitrogens with zero attached hydrogens (tertiary/aromatic N) is 2. The second-order valence-electron chi connectivity index (χ2n) is 2.78. The van der Waals surface area contributed by atoms with Gasteiger partial charge in [-0.2, -0.15) is 0 Å². The number of halogens is 1. The first-order chi connectivity index (χ1) is 6.86. The highest BCUT2D eigenvalue weighted by atomic mass is 79.9. The van der Waals surface area contributed by atoms with Crippen LogP contribution < -0.4 is 5.73 Å². The average molecular weight is 276 g/mol. The van der Waals surface area contributed by atoms with Crippen LogP contribution in [0.2, 0.25) is 0 Å². The molecule has 0 radical (unpaired) electrons. The van der Waals surface area contributed by atoms with Gasteiger partial charge in [-0.1, -0.05) is 0 Å². The van der Waals surface area contributed by atoms with Crippen LogP contribution in [0.3, 0.4) is 0 Å². The van der Waals surface area contributed by atoms with Gasteiger partial charge >= 0.3 is 0 Å². The molecular weight excluding hydrogens is 270 g/mol. The molecule has 0 saturated heterocycles. The highest BCUT2D eigenvalue weighted by Gasteiger charge is 2.25. The lowest BCUT2D eigenvalue weighted by Gasteiger charge is -2.04. The van der Waals surface area contributed by atoms with Crippen LogP contribution in [0, 0.1) is 27.2 Å². The number of nitrogens with two attached hydrogens (primary N) is 1. The van der Waals surface area contributed by atoms with E-state index < -0.39 is 15.5 Å². The predicted molar refractivity (Wildman–Crippen MR) is 56.6 cm³/mol. The third-order valence-electron chi connectivity index (χ3n) is 1.90. The monoisotopic (exact) mass is 275 g/mol. The largest absolute Gasteiger partial charge is 0.393 e. The Morgan fingerprint density at radius 1 is 1.27 bits per heavy atom. The minimum Gasteiger partial charge on any atom is -0.393 e. The van der Waals surface area contributed by atoms with Crippen molar-refractivity contribution in [1.82, 2.24) is 0 Å². The molecule has 80 valence electrons. The first-order valence-corrected chi connectivity index (χ1v) is 4.53. The van der Waals surface area contributed by atoms with Crippen LogP contribution in [0.1, 0.15) is 5.56 Å². The van der Waals surface area contributed by atoms with Crippen molar-refractivity contribution in [2.75, 3.05) is 5.73 Å². The van der Waals surface area contributed by atoms with E-state index in [0.717, 1.165) is 6.07 Å². The number of benzene rings is 1. The quantitative estimate of drug-likeness (QED) is 0.505. The van der Waals surface area contributed by atoms with E-state index in [9.17, 15) is 20.2 Å². The Morgan fingerprint density at radius 3 is 2.13 bits per heavy atom. The van der Waals surface area contributed by atoms with Crippen molar-refractivity contribution in [2.24, 2.45) is 0 Å². The van der Waals surface area contributed by atoms with E-state index in [2.05, 4.69) is 15.9 Å². The van der Waals surface area contributed by atoms with E-state index in [4.69, 9.17) is 5.73 Å². The highest BCUT2D eigenvalue weighted by molar-refractivity contribution is 9.10. The molecule has 1 aromatic rings. The lowest BCUT2D eigenvalue weighted by Crippen LogP contribution is -2.01. The van der Waals surface area contributed by atoms with Gasteiger partial charge in [0.2, 0.25) is 0 Å². The van der Waals surface area contributed by atoms with Crippen molar-refractivity contribution in [1.29, 1.82) is 0 Å². The molecule has 15 heavy (non-hydrogen) atoms. The number of rotatable bonds is 2. The van der Waals surface area contributed by atoms with Crippen LogP contribution in [0.4, 0.5) is 17.1 Å². The first-order valence-electron chi connectivity index (χ1n) is 3.73. The topological polar surface area (TPSA) is 112 Å². The molecule has 0 aromatic heterocycles. The van der Waals surface area contributed by atoms with Crippen molar-refractivity contribution in [2.45, 2.75) is 6.92 Å². The molecule has 0 heterocycles. The zero-order valence-electron chi connectivity index (χ0n) is 7.56. The second kappa shape index (κ2) is 3.81.